The molecule has 0 unspecified atom stereocenters. The molecule has 0 aliphatic carbocycles. The van der Waals surface area contributed by atoms with Gasteiger partial charge in [0, 0.05) is 35.4 Å². The number of hydrogen-bond acceptors (Lipinski definition) is 4. The summed E-state index contributed by atoms with van der Waals surface area (Å²) in [5.74, 6) is 0.00118. The van der Waals surface area contributed by atoms with Crippen LogP contribution in [0.4, 0.5) is 0 Å². The molecule has 0 saturated carbocycles. The van der Waals surface area contributed by atoms with E-state index in [2.05, 4.69) is 15.0 Å². The molecule has 5 aromatic rings. The van der Waals surface area contributed by atoms with Crippen molar-refractivity contribution in [1.29, 1.82) is 0 Å². The SMILES string of the molecule is O=C(CCc1cc2cnccc2[nH]1)Cn1c(-c2ccccc2)cnc(CCc2ccccc2)c1=O. The van der Waals surface area contributed by atoms with Crippen LogP contribution >= 0.6 is 0 Å². The molecule has 0 bridgehead atoms. The Morgan fingerprint density at radius 1 is 0.886 bits per heavy atom. The molecule has 6 heteroatoms. The maximum atomic E-state index is 13.4. The minimum atomic E-state index is -0.202. The molecule has 2 aromatic carbocycles. The van der Waals surface area contributed by atoms with Gasteiger partial charge in [0.1, 0.15) is 5.69 Å². The van der Waals surface area contributed by atoms with E-state index >= 15 is 0 Å². The van der Waals surface area contributed by atoms with Crippen molar-refractivity contribution in [2.24, 2.45) is 0 Å². The fourth-order valence-electron chi connectivity index (χ4n) is 4.30. The van der Waals surface area contributed by atoms with Crippen LogP contribution in [0.5, 0.6) is 0 Å². The summed E-state index contributed by atoms with van der Waals surface area (Å²) < 4.78 is 1.58. The first-order valence-corrected chi connectivity index (χ1v) is 11.8. The van der Waals surface area contributed by atoms with Crippen LogP contribution in [0.15, 0.2) is 96.2 Å². The molecule has 0 fully saturated rings. The first-order chi connectivity index (χ1) is 17.2. The number of benzene rings is 2. The van der Waals surface area contributed by atoms with E-state index in [0.29, 0.717) is 30.7 Å². The zero-order chi connectivity index (χ0) is 24.0. The van der Waals surface area contributed by atoms with Crippen LogP contribution in [0.3, 0.4) is 0 Å². The van der Waals surface area contributed by atoms with Gasteiger partial charge in [-0.25, -0.2) is 0 Å². The molecule has 0 radical (unpaired) electrons. The molecule has 1 N–H and O–H groups in total. The van der Waals surface area contributed by atoms with E-state index in [1.807, 2.05) is 72.8 Å². The van der Waals surface area contributed by atoms with Crippen molar-refractivity contribution in [2.75, 3.05) is 0 Å². The van der Waals surface area contributed by atoms with Gasteiger partial charge in [-0.1, -0.05) is 60.7 Å². The minimum Gasteiger partial charge on any atom is -0.358 e. The number of ketones is 1. The largest absolute Gasteiger partial charge is 0.358 e. The number of pyridine rings is 1. The molecule has 3 heterocycles. The number of aromatic amines is 1. The molecular weight excluding hydrogens is 436 g/mol. The first-order valence-electron chi connectivity index (χ1n) is 11.8. The summed E-state index contributed by atoms with van der Waals surface area (Å²) in [6.45, 7) is 0.0195. The summed E-state index contributed by atoms with van der Waals surface area (Å²) in [5.41, 5.74) is 4.93. The van der Waals surface area contributed by atoms with Crippen molar-refractivity contribution in [3.05, 3.63) is 119 Å². The standard InChI is InChI=1S/C29H26N4O2/c34-25(13-12-24-17-23-18-30-16-15-26(23)32-24)20-33-28(22-9-5-2-6-10-22)19-31-27(29(33)35)14-11-21-7-3-1-4-8-21/h1-10,15-19,32H,11-14,20H2. The topological polar surface area (TPSA) is 80.6 Å². The number of aryl methyl sites for hydroxylation is 3. The Labute approximate surface area is 203 Å². The molecule has 174 valence electrons. The Morgan fingerprint density at radius 2 is 1.66 bits per heavy atom. The third-order valence-corrected chi connectivity index (χ3v) is 6.17. The third kappa shape index (κ3) is 5.27. The molecule has 0 amide bonds. The summed E-state index contributed by atoms with van der Waals surface area (Å²) in [5, 5.41) is 1.02. The average Bonchev–Trinajstić information content (AvgIpc) is 3.32. The summed E-state index contributed by atoms with van der Waals surface area (Å²) in [7, 11) is 0. The highest BCUT2D eigenvalue weighted by molar-refractivity contribution is 5.81. The lowest BCUT2D eigenvalue weighted by atomic mass is 10.1. The zero-order valence-corrected chi connectivity index (χ0v) is 19.4. The number of rotatable bonds is 9. The van der Waals surface area contributed by atoms with Gasteiger partial charge in [0.15, 0.2) is 5.78 Å². The molecule has 6 nitrogen and oxygen atoms in total. The van der Waals surface area contributed by atoms with Crippen LogP contribution in [0.25, 0.3) is 22.2 Å². The predicted molar refractivity (Wildman–Crippen MR) is 137 cm³/mol. The van der Waals surface area contributed by atoms with Crippen molar-refractivity contribution in [2.45, 2.75) is 32.2 Å². The van der Waals surface area contributed by atoms with E-state index in [0.717, 1.165) is 34.1 Å². The second-order valence-electron chi connectivity index (χ2n) is 8.63. The smallest absolute Gasteiger partial charge is 0.273 e. The van der Waals surface area contributed by atoms with Gasteiger partial charge < -0.3 is 4.98 Å². The van der Waals surface area contributed by atoms with Crippen LogP contribution < -0.4 is 5.56 Å². The van der Waals surface area contributed by atoms with Crippen LogP contribution in [0.1, 0.15) is 23.4 Å². The molecular formula is C29H26N4O2. The lowest BCUT2D eigenvalue weighted by Gasteiger charge is -2.14. The predicted octanol–water partition coefficient (Wildman–Crippen LogP) is 4.77. The van der Waals surface area contributed by atoms with Gasteiger partial charge in [-0.2, -0.15) is 0 Å². The first kappa shape index (κ1) is 22.5. The van der Waals surface area contributed by atoms with E-state index in [-0.39, 0.29) is 17.9 Å². The van der Waals surface area contributed by atoms with Gasteiger partial charge in [-0.3, -0.25) is 24.1 Å². The number of carbonyl (C=O) groups excluding carboxylic acids is 1. The van der Waals surface area contributed by atoms with E-state index in [1.165, 1.54) is 0 Å². The van der Waals surface area contributed by atoms with Gasteiger partial charge in [-0.05, 0) is 42.5 Å². The van der Waals surface area contributed by atoms with Gasteiger partial charge in [0.25, 0.3) is 5.56 Å². The fourth-order valence-corrected chi connectivity index (χ4v) is 4.30. The molecule has 0 aliphatic rings. The summed E-state index contributed by atoms with van der Waals surface area (Å²) >= 11 is 0. The minimum absolute atomic E-state index is 0.00118. The summed E-state index contributed by atoms with van der Waals surface area (Å²) in [6, 6.07) is 23.6. The second-order valence-corrected chi connectivity index (χ2v) is 8.63. The van der Waals surface area contributed by atoms with E-state index in [1.54, 1.807) is 23.2 Å². The van der Waals surface area contributed by atoms with E-state index in [9.17, 15) is 9.59 Å². The lowest BCUT2D eigenvalue weighted by molar-refractivity contribution is -0.119. The Bertz CT molecular complexity index is 1470. The van der Waals surface area contributed by atoms with Gasteiger partial charge >= 0.3 is 0 Å². The normalized spacial score (nSPS) is 11.1. The molecule has 0 spiro atoms. The highest BCUT2D eigenvalue weighted by atomic mass is 16.1. The maximum Gasteiger partial charge on any atom is 0.273 e. The number of Topliss-reactive ketones (excluding diaryl/α,β-unsaturated/α-hetero) is 1. The number of fused-ring (bicyclic) bond motifs is 1. The highest BCUT2D eigenvalue weighted by Gasteiger charge is 2.15. The molecule has 0 saturated heterocycles. The zero-order valence-electron chi connectivity index (χ0n) is 19.4. The van der Waals surface area contributed by atoms with Crippen molar-refractivity contribution in [1.82, 2.24) is 19.5 Å². The Kier molecular flexibility index (Phi) is 6.61. The highest BCUT2D eigenvalue weighted by Crippen LogP contribution is 2.18. The number of H-pyrrole nitrogens is 1. The molecule has 35 heavy (non-hydrogen) atoms. The number of carbonyl (C=O) groups is 1. The van der Waals surface area contributed by atoms with Crippen LogP contribution in [0, 0.1) is 0 Å². The van der Waals surface area contributed by atoms with E-state index < -0.39 is 0 Å². The van der Waals surface area contributed by atoms with Crippen LogP contribution in [-0.4, -0.2) is 25.3 Å². The van der Waals surface area contributed by atoms with Crippen LogP contribution in [-0.2, 0) is 30.6 Å². The van der Waals surface area contributed by atoms with Crippen molar-refractivity contribution in [3.8, 4) is 11.3 Å². The Morgan fingerprint density at radius 3 is 2.43 bits per heavy atom. The number of nitrogens with zero attached hydrogens (tertiary/aromatic N) is 3. The van der Waals surface area contributed by atoms with E-state index in [4.69, 9.17) is 0 Å². The van der Waals surface area contributed by atoms with Crippen molar-refractivity contribution in [3.63, 3.8) is 0 Å². The maximum absolute atomic E-state index is 13.4. The molecule has 3 aromatic heterocycles. The summed E-state index contributed by atoms with van der Waals surface area (Å²) in [6.07, 6.45) is 7.42. The van der Waals surface area contributed by atoms with Gasteiger partial charge in [-0.15, -0.1) is 0 Å². The van der Waals surface area contributed by atoms with Crippen LogP contribution in [0.2, 0.25) is 0 Å². The van der Waals surface area contributed by atoms with Gasteiger partial charge in [0.2, 0.25) is 0 Å². The Hall–Kier alpha value is -4.32. The third-order valence-electron chi connectivity index (χ3n) is 6.17. The number of nitrogens with one attached hydrogen (secondary N) is 1. The summed E-state index contributed by atoms with van der Waals surface area (Å²) in [4.78, 5) is 38.4. The molecule has 0 atom stereocenters. The van der Waals surface area contributed by atoms with Crippen molar-refractivity contribution >= 4 is 16.7 Å². The lowest BCUT2D eigenvalue weighted by Crippen LogP contribution is -2.30. The Balaban J connectivity index is 1.37. The fraction of sp³-hybridized carbons (Fsp3) is 0.172. The number of hydrogen-bond donors (Lipinski definition) is 1. The molecule has 0 aliphatic heterocycles. The quantitative estimate of drug-likeness (QED) is 0.342. The second kappa shape index (κ2) is 10.3. The number of aromatic nitrogens is 4. The van der Waals surface area contributed by atoms with Crippen molar-refractivity contribution < 1.29 is 4.79 Å². The average molecular weight is 463 g/mol. The molecule has 5 rings (SSSR count). The van der Waals surface area contributed by atoms with Gasteiger partial charge in [0.05, 0.1) is 18.4 Å². The monoisotopic (exact) mass is 462 g/mol.